The summed E-state index contributed by atoms with van der Waals surface area (Å²) >= 11 is 0. The monoisotopic (exact) mass is 410 g/mol. The van der Waals surface area contributed by atoms with E-state index in [-0.39, 0.29) is 23.0 Å². The summed E-state index contributed by atoms with van der Waals surface area (Å²) in [6.07, 6.45) is -0.641. The van der Waals surface area contributed by atoms with Crippen LogP contribution in [0, 0.1) is 11.2 Å². The summed E-state index contributed by atoms with van der Waals surface area (Å²) in [4.78, 5) is 9.70. The highest BCUT2D eigenvalue weighted by Crippen LogP contribution is 2.39. The molecule has 0 aliphatic carbocycles. The predicted octanol–water partition coefficient (Wildman–Crippen LogP) is 4.40. The normalized spacial score (nSPS) is 19.4. The highest BCUT2D eigenvalue weighted by molar-refractivity contribution is 5.38. The van der Waals surface area contributed by atoms with Gasteiger partial charge in [-0.2, -0.15) is 18.2 Å². The summed E-state index contributed by atoms with van der Waals surface area (Å²) < 4.78 is 58.9. The Balaban J connectivity index is 1.57. The van der Waals surface area contributed by atoms with Crippen LogP contribution >= 0.6 is 0 Å². The van der Waals surface area contributed by atoms with Crippen LogP contribution in [0.3, 0.4) is 0 Å². The molecule has 2 aliphatic heterocycles. The van der Waals surface area contributed by atoms with E-state index in [0.717, 1.165) is 50.9 Å². The number of rotatable bonds is 3. The van der Waals surface area contributed by atoms with Crippen molar-refractivity contribution in [1.29, 1.82) is 0 Å². The Bertz CT molecular complexity index is 858. The number of ether oxygens (including phenoxy) is 1. The first-order valence-electron chi connectivity index (χ1n) is 9.68. The van der Waals surface area contributed by atoms with Gasteiger partial charge in [-0.05, 0) is 49.8 Å². The smallest absolute Gasteiger partial charge is 0.433 e. The van der Waals surface area contributed by atoms with Crippen LogP contribution in [0.5, 0.6) is 11.6 Å². The fourth-order valence-corrected chi connectivity index (χ4v) is 4.04. The number of nitrogens with zero attached hydrogens (tertiary/aromatic N) is 3. The van der Waals surface area contributed by atoms with E-state index in [9.17, 15) is 17.6 Å². The van der Waals surface area contributed by atoms with Crippen LogP contribution < -0.4 is 15.0 Å². The lowest BCUT2D eigenvalue weighted by Gasteiger charge is -2.44. The van der Waals surface area contributed by atoms with Gasteiger partial charge >= 0.3 is 6.18 Å². The Labute approximate surface area is 166 Å². The standard InChI is InChI=1S/C20H22F4N4O/c21-14-3-1-4-15(11-14)29-17-12-16(20(22,23)24)26-18(27-17)28-9-6-19(7-10-28)5-2-8-25-13-19/h1,3-4,11-12,25H,2,5-10,13H2. The number of anilines is 1. The Morgan fingerprint density at radius 1 is 1.07 bits per heavy atom. The number of benzene rings is 1. The Hall–Kier alpha value is -2.42. The van der Waals surface area contributed by atoms with Gasteiger partial charge in [0.25, 0.3) is 0 Å². The SMILES string of the molecule is Fc1cccc(Oc2cc(C(F)(F)F)nc(N3CCC4(CCCNC4)CC3)n2)c1. The van der Waals surface area contributed by atoms with E-state index in [0.29, 0.717) is 13.1 Å². The molecule has 3 heterocycles. The molecule has 0 amide bonds. The van der Waals surface area contributed by atoms with Crippen molar-refractivity contribution in [2.75, 3.05) is 31.1 Å². The second-order valence-corrected chi connectivity index (χ2v) is 7.72. The van der Waals surface area contributed by atoms with Crippen molar-refractivity contribution >= 4 is 5.95 Å². The van der Waals surface area contributed by atoms with Gasteiger partial charge in [0.2, 0.25) is 11.8 Å². The third kappa shape index (κ3) is 4.60. The maximum absolute atomic E-state index is 13.4. The van der Waals surface area contributed by atoms with Gasteiger partial charge in [0.15, 0.2) is 5.69 Å². The van der Waals surface area contributed by atoms with E-state index in [2.05, 4.69) is 15.3 Å². The fourth-order valence-electron chi connectivity index (χ4n) is 4.04. The zero-order chi connectivity index (χ0) is 20.5. The summed E-state index contributed by atoms with van der Waals surface area (Å²) in [5.74, 6) is -0.735. The Kier molecular flexibility index (Phi) is 5.33. The molecule has 2 fully saturated rings. The molecular weight excluding hydrogens is 388 g/mol. The van der Waals surface area contributed by atoms with Crippen molar-refractivity contribution in [3.63, 3.8) is 0 Å². The molecule has 1 aromatic carbocycles. The van der Waals surface area contributed by atoms with Gasteiger partial charge in [0.1, 0.15) is 11.6 Å². The molecule has 2 aliphatic rings. The topological polar surface area (TPSA) is 50.3 Å². The largest absolute Gasteiger partial charge is 0.439 e. The second-order valence-electron chi connectivity index (χ2n) is 7.72. The maximum Gasteiger partial charge on any atom is 0.433 e. The van der Waals surface area contributed by atoms with Gasteiger partial charge in [-0.3, -0.25) is 0 Å². The molecule has 1 spiro atoms. The van der Waals surface area contributed by atoms with E-state index in [4.69, 9.17) is 4.74 Å². The van der Waals surface area contributed by atoms with Crippen LogP contribution in [0.25, 0.3) is 0 Å². The number of halogens is 4. The molecule has 9 heteroatoms. The van der Waals surface area contributed by atoms with Crippen molar-refractivity contribution < 1.29 is 22.3 Å². The molecule has 0 saturated carbocycles. The Morgan fingerprint density at radius 2 is 1.86 bits per heavy atom. The molecule has 1 N–H and O–H groups in total. The van der Waals surface area contributed by atoms with Crippen molar-refractivity contribution in [3.05, 3.63) is 41.8 Å². The zero-order valence-corrected chi connectivity index (χ0v) is 15.8. The van der Waals surface area contributed by atoms with E-state index >= 15 is 0 Å². The minimum Gasteiger partial charge on any atom is -0.439 e. The van der Waals surface area contributed by atoms with Gasteiger partial charge in [0.05, 0.1) is 0 Å². The summed E-state index contributed by atoms with van der Waals surface area (Å²) in [6.45, 7) is 3.13. The van der Waals surface area contributed by atoms with Crippen LogP contribution in [0.15, 0.2) is 30.3 Å². The van der Waals surface area contributed by atoms with Gasteiger partial charge in [-0.1, -0.05) is 6.07 Å². The van der Waals surface area contributed by atoms with E-state index in [1.54, 1.807) is 4.90 Å². The lowest BCUT2D eigenvalue weighted by atomic mass is 9.73. The summed E-state index contributed by atoms with van der Waals surface area (Å²) in [5.41, 5.74) is -0.870. The zero-order valence-electron chi connectivity index (χ0n) is 15.8. The van der Waals surface area contributed by atoms with Gasteiger partial charge in [0, 0.05) is 31.8 Å². The highest BCUT2D eigenvalue weighted by Gasteiger charge is 2.38. The molecule has 0 atom stereocenters. The molecule has 2 saturated heterocycles. The number of piperidine rings is 2. The quantitative estimate of drug-likeness (QED) is 0.761. The van der Waals surface area contributed by atoms with Crippen LogP contribution in [0.1, 0.15) is 31.4 Å². The molecule has 0 radical (unpaired) electrons. The highest BCUT2D eigenvalue weighted by atomic mass is 19.4. The first kappa shape index (κ1) is 19.9. The minimum absolute atomic E-state index is 0.00940. The first-order valence-corrected chi connectivity index (χ1v) is 9.68. The number of hydrogen-bond donors (Lipinski definition) is 1. The molecule has 1 aromatic heterocycles. The van der Waals surface area contributed by atoms with Crippen LogP contribution in [0.2, 0.25) is 0 Å². The lowest BCUT2D eigenvalue weighted by Crippen LogP contribution is -2.48. The van der Waals surface area contributed by atoms with Gasteiger partial charge in [-0.15, -0.1) is 0 Å². The van der Waals surface area contributed by atoms with Crippen LogP contribution in [-0.2, 0) is 6.18 Å². The van der Waals surface area contributed by atoms with Crippen LogP contribution in [0.4, 0.5) is 23.5 Å². The fraction of sp³-hybridized carbons (Fsp3) is 0.500. The van der Waals surface area contributed by atoms with Crippen molar-refractivity contribution in [2.24, 2.45) is 5.41 Å². The molecule has 4 rings (SSSR count). The molecule has 29 heavy (non-hydrogen) atoms. The molecular formula is C20H22F4N4O. The average molecular weight is 410 g/mol. The maximum atomic E-state index is 13.4. The van der Waals surface area contributed by atoms with Crippen molar-refractivity contribution in [1.82, 2.24) is 15.3 Å². The minimum atomic E-state index is -4.64. The lowest BCUT2D eigenvalue weighted by molar-refractivity contribution is -0.141. The number of aromatic nitrogens is 2. The molecule has 0 unspecified atom stereocenters. The first-order chi connectivity index (χ1) is 13.8. The Morgan fingerprint density at radius 3 is 2.52 bits per heavy atom. The summed E-state index contributed by atoms with van der Waals surface area (Å²) in [5, 5.41) is 3.42. The third-order valence-electron chi connectivity index (χ3n) is 5.67. The predicted molar refractivity (Wildman–Crippen MR) is 99.5 cm³/mol. The number of alkyl halides is 3. The van der Waals surface area contributed by atoms with Crippen molar-refractivity contribution in [2.45, 2.75) is 31.9 Å². The van der Waals surface area contributed by atoms with E-state index < -0.39 is 17.7 Å². The third-order valence-corrected chi connectivity index (χ3v) is 5.67. The summed E-state index contributed by atoms with van der Waals surface area (Å²) in [7, 11) is 0. The van der Waals surface area contributed by atoms with E-state index in [1.807, 2.05) is 0 Å². The van der Waals surface area contributed by atoms with Crippen LogP contribution in [-0.4, -0.2) is 36.1 Å². The van der Waals surface area contributed by atoms with Gasteiger partial charge < -0.3 is 15.0 Å². The second kappa shape index (κ2) is 7.78. The molecule has 0 bridgehead atoms. The average Bonchev–Trinajstić information content (AvgIpc) is 2.68. The molecule has 2 aromatic rings. The number of nitrogens with one attached hydrogen (secondary N) is 1. The summed E-state index contributed by atoms with van der Waals surface area (Å²) in [6, 6.07) is 5.93. The molecule has 5 nitrogen and oxygen atoms in total. The molecule has 156 valence electrons. The van der Waals surface area contributed by atoms with E-state index in [1.165, 1.54) is 18.2 Å². The number of hydrogen-bond acceptors (Lipinski definition) is 5. The van der Waals surface area contributed by atoms with Gasteiger partial charge in [-0.25, -0.2) is 9.37 Å². The van der Waals surface area contributed by atoms with Crippen molar-refractivity contribution in [3.8, 4) is 11.6 Å².